The zero-order chi connectivity index (χ0) is 41.6. The third-order valence-corrected chi connectivity index (χ3v) is 11.6. The van der Waals surface area contributed by atoms with Gasteiger partial charge in [-0.1, -0.05) is 72.8 Å². The van der Waals surface area contributed by atoms with Crippen LogP contribution < -0.4 is 21.3 Å². The summed E-state index contributed by atoms with van der Waals surface area (Å²) in [4.78, 5) is 5.68. The van der Waals surface area contributed by atoms with Crippen molar-refractivity contribution >= 4 is 22.6 Å². The Morgan fingerprint density at radius 1 is 0.441 bits per heavy atom. The Morgan fingerprint density at radius 3 is 1.46 bits per heavy atom. The summed E-state index contributed by atoms with van der Waals surface area (Å²) in [6.45, 7) is 11.0. The summed E-state index contributed by atoms with van der Waals surface area (Å²) >= 11 is 0. The van der Waals surface area contributed by atoms with Crippen molar-refractivity contribution < 1.29 is 0 Å². The molecule has 0 unspecified atom stereocenters. The smallest absolute Gasteiger partial charge is 0.0721 e. The van der Waals surface area contributed by atoms with Crippen LogP contribution in [0.15, 0.2) is 151 Å². The molecule has 1 aromatic heterocycles. The van der Waals surface area contributed by atoms with Crippen LogP contribution in [0.1, 0.15) is 36.1 Å². The molecule has 0 bridgehead atoms. The molecule has 0 spiro atoms. The predicted octanol–water partition coefficient (Wildman–Crippen LogP) is 13.7. The molecule has 0 aliphatic heterocycles. The van der Waals surface area contributed by atoms with E-state index in [0.29, 0.717) is 0 Å². The van der Waals surface area contributed by atoms with E-state index in [0.717, 1.165) is 73.1 Å². The van der Waals surface area contributed by atoms with E-state index >= 15 is 0 Å². The van der Waals surface area contributed by atoms with Gasteiger partial charge in [0, 0.05) is 62.1 Å². The molecule has 1 heterocycles. The number of nitrogens with one attached hydrogen (secondary N) is 4. The number of anilines is 3. The molecule has 6 aromatic carbocycles. The number of rotatable bonds is 12. The second-order valence-corrected chi connectivity index (χ2v) is 15.2. The van der Waals surface area contributed by atoms with Crippen molar-refractivity contribution in [3.8, 4) is 67.0 Å². The minimum atomic E-state index is 0.935. The molecule has 0 aliphatic rings. The summed E-state index contributed by atoms with van der Waals surface area (Å²) in [5, 5.41) is 13.1. The maximum absolute atomic E-state index is 5.68. The monoisotopic (exact) mass is 773 g/mol. The topological polar surface area (TPSA) is 61.0 Å². The van der Waals surface area contributed by atoms with Gasteiger partial charge in [-0.15, -0.1) is 0 Å². The minimum Gasteiger partial charge on any atom is -0.392 e. The molecule has 0 saturated carbocycles. The number of hydrogen-bond acceptors (Lipinski definition) is 5. The molecule has 0 radical (unpaired) electrons. The molecule has 5 heteroatoms. The number of nitrogens with zero attached hydrogens (tertiary/aromatic N) is 1. The Balaban J connectivity index is 1.53. The van der Waals surface area contributed by atoms with Crippen molar-refractivity contribution in [2.75, 3.05) is 44.1 Å². The molecule has 0 atom stereocenters. The van der Waals surface area contributed by atoms with Gasteiger partial charge in [-0.2, -0.15) is 0 Å². The van der Waals surface area contributed by atoms with Gasteiger partial charge in [-0.3, -0.25) is 0 Å². The van der Waals surface area contributed by atoms with E-state index in [1.165, 1.54) is 44.5 Å². The van der Waals surface area contributed by atoms with E-state index in [1.807, 2.05) is 28.2 Å². The van der Waals surface area contributed by atoms with Crippen LogP contribution in [0.2, 0.25) is 0 Å². The molecular weight excluding hydrogens is 719 g/mol. The summed E-state index contributed by atoms with van der Waals surface area (Å²) in [6, 6.07) is 48.3. The van der Waals surface area contributed by atoms with Crippen molar-refractivity contribution in [1.82, 2.24) is 10.3 Å². The standard InChI is InChI=1S/C54H55N5/c1-34(15-16-35(2)55-6)48-33-50(42-21-27-47(58-9)28-22-42)38(5)54(37(48)4)53-32-44(39-13-11-10-12-14-39)31-52(59-53)51-30-43(40-17-23-45(56-7)24-18-40)29-49(36(51)3)41-19-25-46(57-8)26-20-41/h10-33,55-58H,1-9H3/b34-15+,35-16+. The van der Waals surface area contributed by atoms with Crippen LogP contribution in [-0.2, 0) is 0 Å². The van der Waals surface area contributed by atoms with Crippen LogP contribution in [-0.4, -0.2) is 33.2 Å². The maximum Gasteiger partial charge on any atom is 0.0721 e. The first-order valence-electron chi connectivity index (χ1n) is 20.4. The highest BCUT2D eigenvalue weighted by Crippen LogP contribution is 2.43. The number of aromatic nitrogens is 1. The fraction of sp³-hybridized carbons (Fsp3) is 0.167. The number of benzene rings is 6. The number of pyridine rings is 1. The van der Waals surface area contributed by atoms with Gasteiger partial charge >= 0.3 is 0 Å². The van der Waals surface area contributed by atoms with Crippen molar-refractivity contribution in [2.24, 2.45) is 0 Å². The molecule has 7 rings (SSSR count). The minimum absolute atomic E-state index is 0.935. The van der Waals surface area contributed by atoms with Crippen LogP contribution in [0.25, 0.3) is 72.6 Å². The first kappa shape index (κ1) is 40.4. The lowest BCUT2D eigenvalue weighted by Crippen LogP contribution is -2.02. The summed E-state index contributed by atoms with van der Waals surface area (Å²) in [5.41, 5.74) is 23.7. The molecule has 59 heavy (non-hydrogen) atoms. The van der Waals surface area contributed by atoms with E-state index in [2.05, 4.69) is 201 Å². The average Bonchev–Trinajstić information content (AvgIpc) is 3.28. The zero-order valence-electron chi connectivity index (χ0n) is 35.8. The van der Waals surface area contributed by atoms with Gasteiger partial charge in [-0.25, -0.2) is 4.98 Å². The Hall–Kier alpha value is -6.85. The SMILES string of the molecule is CN/C(C)=C/C=C(\C)c1cc(-c2ccc(NC)cc2)c(C)c(-c2cc(-c3ccccc3)cc(-c3cc(-c4ccc(NC)cc4)cc(-c4ccc(NC)cc4)c3C)n2)c1C. The summed E-state index contributed by atoms with van der Waals surface area (Å²) < 4.78 is 0. The fourth-order valence-corrected chi connectivity index (χ4v) is 7.93. The number of allylic oxidation sites excluding steroid dienone is 4. The summed E-state index contributed by atoms with van der Waals surface area (Å²) in [5.74, 6) is 0. The Bertz CT molecular complexity index is 2650. The third-order valence-electron chi connectivity index (χ3n) is 11.6. The molecule has 4 N–H and O–H groups in total. The van der Waals surface area contributed by atoms with Gasteiger partial charge in [0.15, 0.2) is 0 Å². The highest BCUT2D eigenvalue weighted by atomic mass is 14.8. The number of hydrogen-bond donors (Lipinski definition) is 4. The van der Waals surface area contributed by atoms with Crippen LogP contribution in [0.5, 0.6) is 0 Å². The van der Waals surface area contributed by atoms with Gasteiger partial charge in [0.25, 0.3) is 0 Å². The summed E-state index contributed by atoms with van der Waals surface area (Å²) in [7, 11) is 7.83. The van der Waals surface area contributed by atoms with Crippen LogP contribution in [0, 0.1) is 20.8 Å². The van der Waals surface area contributed by atoms with E-state index in [-0.39, 0.29) is 0 Å². The van der Waals surface area contributed by atoms with E-state index in [9.17, 15) is 0 Å². The second kappa shape index (κ2) is 17.7. The molecule has 0 amide bonds. The molecule has 0 aliphatic carbocycles. The fourth-order valence-electron chi connectivity index (χ4n) is 7.93. The van der Waals surface area contributed by atoms with Crippen molar-refractivity contribution in [1.29, 1.82) is 0 Å². The Kier molecular flexibility index (Phi) is 12.1. The van der Waals surface area contributed by atoms with Gasteiger partial charge in [0.05, 0.1) is 11.4 Å². The van der Waals surface area contributed by atoms with Crippen LogP contribution >= 0.6 is 0 Å². The van der Waals surface area contributed by atoms with Gasteiger partial charge in [0.2, 0.25) is 0 Å². The third kappa shape index (κ3) is 8.56. The first-order valence-corrected chi connectivity index (χ1v) is 20.4. The Morgan fingerprint density at radius 2 is 0.915 bits per heavy atom. The van der Waals surface area contributed by atoms with Crippen molar-refractivity contribution in [3.63, 3.8) is 0 Å². The molecule has 5 nitrogen and oxygen atoms in total. The Labute approximate surface area is 351 Å². The van der Waals surface area contributed by atoms with Crippen LogP contribution in [0.3, 0.4) is 0 Å². The lowest BCUT2D eigenvalue weighted by molar-refractivity contribution is 0.990. The van der Waals surface area contributed by atoms with Crippen molar-refractivity contribution in [3.05, 3.63) is 174 Å². The molecule has 0 saturated heterocycles. The first-order chi connectivity index (χ1) is 28.6. The highest BCUT2D eigenvalue weighted by molar-refractivity contribution is 5.90. The van der Waals surface area contributed by atoms with E-state index < -0.39 is 0 Å². The highest BCUT2D eigenvalue weighted by Gasteiger charge is 2.21. The normalized spacial score (nSPS) is 11.7. The largest absolute Gasteiger partial charge is 0.392 e. The van der Waals surface area contributed by atoms with E-state index in [1.54, 1.807) is 0 Å². The molecule has 7 aromatic rings. The molecule has 0 fully saturated rings. The van der Waals surface area contributed by atoms with Crippen molar-refractivity contribution in [2.45, 2.75) is 34.6 Å². The quantitative estimate of drug-likeness (QED) is 0.0932. The van der Waals surface area contributed by atoms with Gasteiger partial charge in [-0.05, 0) is 180 Å². The zero-order valence-corrected chi connectivity index (χ0v) is 35.8. The van der Waals surface area contributed by atoms with Gasteiger partial charge < -0.3 is 21.3 Å². The van der Waals surface area contributed by atoms with Crippen LogP contribution in [0.4, 0.5) is 17.1 Å². The lowest BCUT2D eigenvalue weighted by atomic mass is 9.85. The molecular formula is C54H55N5. The summed E-state index contributed by atoms with van der Waals surface area (Å²) in [6.07, 6.45) is 4.36. The lowest BCUT2D eigenvalue weighted by Gasteiger charge is -2.21. The average molecular weight is 774 g/mol. The van der Waals surface area contributed by atoms with Gasteiger partial charge in [0.1, 0.15) is 0 Å². The second-order valence-electron chi connectivity index (χ2n) is 15.2. The predicted molar refractivity (Wildman–Crippen MR) is 256 cm³/mol. The maximum atomic E-state index is 5.68. The molecule has 296 valence electrons. The van der Waals surface area contributed by atoms with E-state index in [4.69, 9.17) is 4.98 Å².